The number of nitrogens with one attached hydrogen (secondary N) is 2. The monoisotopic (exact) mass is 592 g/mol. The Hall–Kier alpha value is -1.42. The quantitative estimate of drug-likeness (QED) is 0.0958. The lowest BCUT2D eigenvalue weighted by Crippen LogP contribution is -2.64. The van der Waals surface area contributed by atoms with E-state index in [1.54, 1.807) is 0 Å². The lowest BCUT2D eigenvalue weighted by molar-refractivity contribution is -0.372. The van der Waals surface area contributed by atoms with Gasteiger partial charge in [0.1, 0.15) is 48.8 Å². The summed E-state index contributed by atoms with van der Waals surface area (Å²) < 4.78 is 16.8. The zero-order valence-corrected chi connectivity index (χ0v) is 24.4. The molecule has 2 aliphatic rings. The molecule has 8 N–H and O–H groups in total. The van der Waals surface area contributed by atoms with Crippen molar-refractivity contribution in [3.05, 3.63) is 0 Å². The van der Waals surface area contributed by atoms with E-state index in [0.717, 1.165) is 64.2 Å². The van der Waals surface area contributed by atoms with E-state index >= 15 is 0 Å². The third-order valence-corrected chi connectivity index (χ3v) is 7.62. The van der Waals surface area contributed by atoms with Crippen molar-refractivity contribution in [2.75, 3.05) is 13.1 Å². The molecule has 0 bridgehead atoms. The molecule has 2 saturated heterocycles. The molecular weight excluding hydrogens is 540 g/mol. The Balaban J connectivity index is 1.89. The summed E-state index contributed by atoms with van der Waals surface area (Å²) in [6.07, 6.45) is -5.08. The van der Waals surface area contributed by atoms with Crippen molar-refractivity contribution in [3.63, 3.8) is 0 Å². The number of amides is 2. The van der Waals surface area contributed by atoms with Crippen LogP contribution in [0, 0.1) is 0 Å². The van der Waals surface area contributed by atoms with Gasteiger partial charge in [0.15, 0.2) is 12.6 Å². The number of carbonyl (C=O) groups excluding carboxylic acids is 2. The van der Waals surface area contributed by atoms with E-state index in [0.29, 0.717) is 12.8 Å². The second kappa shape index (κ2) is 19.0. The van der Waals surface area contributed by atoms with E-state index in [1.807, 2.05) is 0 Å². The summed E-state index contributed by atoms with van der Waals surface area (Å²) in [5.74, 6) is -0.492. The van der Waals surface area contributed by atoms with Crippen molar-refractivity contribution < 1.29 is 54.4 Å². The summed E-state index contributed by atoms with van der Waals surface area (Å²) in [7, 11) is 0. The van der Waals surface area contributed by atoms with Crippen LogP contribution in [0.5, 0.6) is 0 Å². The van der Waals surface area contributed by atoms with Gasteiger partial charge in [-0.25, -0.2) is 0 Å². The Morgan fingerprint density at radius 1 is 0.561 bits per heavy atom. The minimum absolute atomic E-state index is 0.166. The molecule has 0 aromatic rings. The molecule has 2 heterocycles. The fourth-order valence-electron chi connectivity index (χ4n) is 4.91. The third-order valence-electron chi connectivity index (χ3n) is 7.62. The van der Waals surface area contributed by atoms with Crippen LogP contribution < -0.4 is 10.6 Å². The number of unbranched alkanes of at least 4 members (excludes halogenated alkanes) is 8. The number of rotatable bonds is 18. The van der Waals surface area contributed by atoms with E-state index in [-0.39, 0.29) is 24.9 Å². The molecule has 13 nitrogen and oxygen atoms in total. The smallest absolute Gasteiger partial charge is 0.220 e. The first kappa shape index (κ1) is 35.8. The average molecular weight is 593 g/mol. The second-order valence-corrected chi connectivity index (χ2v) is 11.1. The topological polar surface area (TPSA) is 207 Å². The Bertz CT molecular complexity index is 701. The lowest BCUT2D eigenvalue weighted by atomic mass is 9.97. The molecule has 0 unspecified atom stereocenters. The Morgan fingerprint density at radius 2 is 0.927 bits per heavy atom. The van der Waals surface area contributed by atoms with Gasteiger partial charge in [-0.3, -0.25) is 9.59 Å². The molecule has 2 rings (SSSR count). The highest BCUT2D eigenvalue weighted by molar-refractivity contribution is 5.76. The fraction of sp³-hybridized carbons (Fsp3) is 0.929. The van der Waals surface area contributed by atoms with Gasteiger partial charge in [0, 0.05) is 25.9 Å². The van der Waals surface area contributed by atoms with Crippen LogP contribution in [0.4, 0.5) is 0 Å². The van der Waals surface area contributed by atoms with Gasteiger partial charge in [-0.15, -0.1) is 0 Å². The van der Waals surface area contributed by atoms with E-state index in [4.69, 9.17) is 14.2 Å². The molecule has 2 aliphatic heterocycles. The molecule has 2 fully saturated rings. The fourth-order valence-corrected chi connectivity index (χ4v) is 4.91. The minimum atomic E-state index is -1.75. The maximum atomic E-state index is 12.2. The van der Waals surface area contributed by atoms with Gasteiger partial charge in [0.25, 0.3) is 0 Å². The van der Waals surface area contributed by atoms with Crippen LogP contribution in [0.15, 0.2) is 0 Å². The SMILES string of the molecule is CCCCCCCC(=O)NC[C@H]1O[C@H](O[C@H]2O[C@H](CNC(=O)CCCCCCC)[C@@H](O)[C@H](O)[C@H]2O)[C@H](O)[C@@H](O)[C@@H]1O. The molecular formula is C28H52N2O11. The third kappa shape index (κ3) is 11.6. The molecule has 0 saturated carbocycles. The number of aliphatic hydroxyl groups excluding tert-OH is 6. The summed E-state index contributed by atoms with van der Waals surface area (Å²) in [6.45, 7) is 3.88. The summed E-state index contributed by atoms with van der Waals surface area (Å²) in [6, 6.07) is 0. The molecule has 13 heteroatoms. The number of hydrogen-bond acceptors (Lipinski definition) is 11. The molecule has 0 aromatic heterocycles. The average Bonchev–Trinajstić information content (AvgIpc) is 2.96. The highest BCUT2D eigenvalue weighted by atomic mass is 16.8. The molecule has 0 aromatic carbocycles. The summed E-state index contributed by atoms with van der Waals surface area (Å²) >= 11 is 0. The van der Waals surface area contributed by atoms with Crippen LogP contribution in [-0.2, 0) is 23.8 Å². The molecule has 2 amide bonds. The normalized spacial score (nSPS) is 33.9. The first-order chi connectivity index (χ1) is 19.6. The Labute approximate surface area is 242 Å². The van der Waals surface area contributed by atoms with Crippen LogP contribution in [0.2, 0.25) is 0 Å². The number of aliphatic hydroxyl groups is 6. The van der Waals surface area contributed by atoms with Crippen molar-refractivity contribution in [3.8, 4) is 0 Å². The number of ether oxygens (including phenoxy) is 3. The Kier molecular flexibility index (Phi) is 16.6. The molecule has 0 aliphatic carbocycles. The van der Waals surface area contributed by atoms with Gasteiger partial charge in [-0.2, -0.15) is 0 Å². The van der Waals surface area contributed by atoms with Crippen LogP contribution in [0.3, 0.4) is 0 Å². The summed E-state index contributed by atoms with van der Waals surface area (Å²) in [5.41, 5.74) is 0. The zero-order valence-electron chi connectivity index (χ0n) is 24.4. The minimum Gasteiger partial charge on any atom is -0.388 e. The standard InChI is InChI=1S/C28H52N2O11/c1-3-5-7-9-11-13-19(31)29-15-17-21(33)23(35)25(37)27(39-17)41-28-26(38)24(36)22(34)18(40-28)16-30-20(32)14-12-10-8-6-4-2/h17-18,21-28,33-38H,3-16H2,1-2H3,(H,29,31)(H,30,32)/t17-,18-,21-,22-,23+,24+,25-,26-,27-,28-/m1/s1. The van der Waals surface area contributed by atoms with Crippen LogP contribution in [0.25, 0.3) is 0 Å². The maximum absolute atomic E-state index is 12.2. The molecule has 240 valence electrons. The van der Waals surface area contributed by atoms with Crippen molar-refractivity contribution >= 4 is 11.8 Å². The lowest BCUT2D eigenvalue weighted by Gasteiger charge is -2.45. The van der Waals surface area contributed by atoms with Crippen LogP contribution in [0.1, 0.15) is 90.9 Å². The summed E-state index contributed by atoms with van der Waals surface area (Å²) in [4.78, 5) is 24.4. The van der Waals surface area contributed by atoms with Crippen LogP contribution in [-0.4, -0.2) is 117 Å². The second-order valence-electron chi connectivity index (χ2n) is 11.1. The van der Waals surface area contributed by atoms with Gasteiger partial charge in [0.05, 0.1) is 0 Å². The highest BCUT2D eigenvalue weighted by Gasteiger charge is 2.49. The first-order valence-corrected chi connectivity index (χ1v) is 15.2. The van der Waals surface area contributed by atoms with Gasteiger partial charge < -0.3 is 55.5 Å². The molecule has 10 atom stereocenters. The number of carbonyl (C=O) groups is 2. The molecule has 0 radical (unpaired) electrons. The van der Waals surface area contributed by atoms with Crippen molar-refractivity contribution in [1.82, 2.24) is 10.6 Å². The van der Waals surface area contributed by atoms with Gasteiger partial charge in [0.2, 0.25) is 11.8 Å². The Morgan fingerprint density at radius 3 is 1.29 bits per heavy atom. The van der Waals surface area contributed by atoms with Crippen molar-refractivity contribution in [2.24, 2.45) is 0 Å². The number of hydrogen-bond donors (Lipinski definition) is 8. The van der Waals surface area contributed by atoms with Gasteiger partial charge in [-0.1, -0.05) is 65.2 Å². The van der Waals surface area contributed by atoms with E-state index < -0.39 is 61.4 Å². The first-order valence-electron chi connectivity index (χ1n) is 15.2. The highest BCUT2D eigenvalue weighted by Crippen LogP contribution is 2.28. The largest absolute Gasteiger partial charge is 0.388 e. The predicted octanol–water partition coefficient (Wildman–Crippen LogP) is -0.428. The van der Waals surface area contributed by atoms with Crippen molar-refractivity contribution in [1.29, 1.82) is 0 Å². The molecule has 41 heavy (non-hydrogen) atoms. The van der Waals surface area contributed by atoms with Gasteiger partial charge in [-0.05, 0) is 12.8 Å². The molecule has 0 spiro atoms. The van der Waals surface area contributed by atoms with E-state index in [1.165, 1.54) is 0 Å². The van der Waals surface area contributed by atoms with Crippen molar-refractivity contribution in [2.45, 2.75) is 152 Å². The zero-order chi connectivity index (χ0) is 30.4. The van der Waals surface area contributed by atoms with Gasteiger partial charge >= 0.3 is 0 Å². The summed E-state index contributed by atoms with van der Waals surface area (Å²) in [5, 5.41) is 67.7. The van der Waals surface area contributed by atoms with E-state index in [9.17, 15) is 40.2 Å². The van der Waals surface area contributed by atoms with Crippen LogP contribution >= 0.6 is 0 Å². The maximum Gasteiger partial charge on any atom is 0.220 e. The van der Waals surface area contributed by atoms with E-state index in [2.05, 4.69) is 24.5 Å². The predicted molar refractivity (Wildman–Crippen MR) is 147 cm³/mol.